The van der Waals surface area contributed by atoms with Crippen molar-refractivity contribution in [1.29, 1.82) is 0 Å². The summed E-state index contributed by atoms with van der Waals surface area (Å²) < 4.78 is 0. The van der Waals surface area contributed by atoms with Gasteiger partial charge in [0, 0.05) is 6.04 Å². The summed E-state index contributed by atoms with van der Waals surface area (Å²) in [6, 6.07) is 6.61. The van der Waals surface area contributed by atoms with Crippen molar-refractivity contribution in [1.82, 2.24) is 4.90 Å². The van der Waals surface area contributed by atoms with E-state index < -0.39 is 5.97 Å². The lowest BCUT2D eigenvalue weighted by atomic mass is 10.0. The summed E-state index contributed by atoms with van der Waals surface area (Å²) >= 11 is 0. The van der Waals surface area contributed by atoms with Gasteiger partial charge in [0.2, 0.25) is 0 Å². The number of fused-ring (bicyclic) bond motifs is 1. The molecule has 0 radical (unpaired) electrons. The Kier molecular flexibility index (Phi) is 3.09. The van der Waals surface area contributed by atoms with Crippen LogP contribution in [0.1, 0.15) is 42.5 Å². The molecule has 0 saturated carbocycles. The van der Waals surface area contributed by atoms with Crippen LogP contribution in [0.25, 0.3) is 0 Å². The van der Waals surface area contributed by atoms with Gasteiger partial charge in [-0.05, 0) is 49.8 Å². The maximum Gasteiger partial charge on any atom is 0.321 e. The number of carbonyl (C=O) groups is 1. The number of benzene rings is 1. The van der Waals surface area contributed by atoms with Crippen molar-refractivity contribution in [2.75, 3.05) is 6.54 Å². The highest BCUT2D eigenvalue weighted by Crippen LogP contribution is 2.41. The smallest absolute Gasteiger partial charge is 0.321 e. The third-order valence-electron chi connectivity index (χ3n) is 4.74. The Morgan fingerprint density at radius 2 is 2.16 bits per heavy atom. The topological polar surface area (TPSA) is 40.5 Å². The summed E-state index contributed by atoms with van der Waals surface area (Å²) in [4.78, 5) is 13.7. The van der Waals surface area contributed by atoms with E-state index in [-0.39, 0.29) is 12.0 Å². The zero-order chi connectivity index (χ0) is 13.6. The Bertz CT molecular complexity index is 511. The predicted octanol–water partition coefficient (Wildman–Crippen LogP) is 2.78. The van der Waals surface area contributed by atoms with Crippen LogP contribution >= 0.6 is 0 Å². The van der Waals surface area contributed by atoms with Crippen molar-refractivity contribution in [2.24, 2.45) is 5.92 Å². The van der Waals surface area contributed by atoms with Crippen molar-refractivity contribution in [3.05, 3.63) is 34.9 Å². The summed E-state index contributed by atoms with van der Waals surface area (Å²) in [5.41, 5.74) is 4.03. The second kappa shape index (κ2) is 4.64. The Labute approximate surface area is 114 Å². The average molecular weight is 259 g/mol. The number of hydrogen-bond acceptors (Lipinski definition) is 2. The summed E-state index contributed by atoms with van der Waals surface area (Å²) in [6.45, 7) is 5.08. The molecule has 1 aliphatic heterocycles. The number of carboxylic acids is 1. The van der Waals surface area contributed by atoms with E-state index in [0.29, 0.717) is 6.04 Å². The number of aryl methyl sites for hydroxylation is 2. The normalized spacial score (nSPS) is 30.5. The van der Waals surface area contributed by atoms with E-state index >= 15 is 0 Å². The minimum Gasteiger partial charge on any atom is -0.480 e. The van der Waals surface area contributed by atoms with Gasteiger partial charge in [-0.3, -0.25) is 9.69 Å². The minimum absolute atomic E-state index is 0.256. The molecule has 0 bridgehead atoms. The van der Waals surface area contributed by atoms with E-state index in [2.05, 4.69) is 36.9 Å². The third-order valence-corrected chi connectivity index (χ3v) is 4.74. The van der Waals surface area contributed by atoms with Gasteiger partial charge in [-0.15, -0.1) is 0 Å². The fourth-order valence-electron chi connectivity index (χ4n) is 3.76. The molecule has 3 nitrogen and oxygen atoms in total. The molecule has 3 heteroatoms. The van der Waals surface area contributed by atoms with E-state index in [1.165, 1.54) is 16.7 Å². The van der Waals surface area contributed by atoms with Crippen molar-refractivity contribution in [3.63, 3.8) is 0 Å². The standard InChI is InChI=1S/C16H21NO2/c1-10-3-4-12-5-6-14(13(12)9-10)17-8-7-11(2)15(17)16(18)19/h3-4,9,11,14-15H,5-8H2,1-2H3,(H,18,19). The van der Waals surface area contributed by atoms with E-state index in [1.54, 1.807) is 0 Å². The molecule has 3 atom stereocenters. The molecule has 1 saturated heterocycles. The Hall–Kier alpha value is -1.35. The highest BCUT2D eigenvalue weighted by atomic mass is 16.4. The molecule has 0 spiro atoms. The Balaban J connectivity index is 1.93. The molecule has 19 heavy (non-hydrogen) atoms. The zero-order valence-corrected chi connectivity index (χ0v) is 11.6. The molecule has 1 aromatic carbocycles. The SMILES string of the molecule is Cc1ccc2c(c1)C(N1CCC(C)C1C(=O)O)CC2. The molecule has 1 fully saturated rings. The lowest BCUT2D eigenvalue weighted by molar-refractivity contribution is -0.144. The first kappa shape index (κ1) is 12.7. The van der Waals surface area contributed by atoms with Gasteiger partial charge in [0.25, 0.3) is 0 Å². The molecule has 1 aromatic rings. The lowest BCUT2D eigenvalue weighted by Gasteiger charge is -2.30. The maximum atomic E-state index is 11.5. The average Bonchev–Trinajstić information content (AvgIpc) is 2.91. The number of nitrogens with zero attached hydrogens (tertiary/aromatic N) is 1. The molecule has 1 aliphatic carbocycles. The van der Waals surface area contributed by atoms with Gasteiger partial charge in [-0.1, -0.05) is 30.7 Å². The molecular weight excluding hydrogens is 238 g/mol. The molecule has 102 valence electrons. The van der Waals surface area contributed by atoms with E-state index in [0.717, 1.165) is 25.8 Å². The second-order valence-corrected chi connectivity index (χ2v) is 6.04. The molecular formula is C16H21NO2. The van der Waals surface area contributed by atoms with Gasteiger partial charge in [0.1, 0.15) is 6.04 Å². The Morgan fingerprint density at radius 1 is 1.37 bits per heavy atom. The summed E-state index contributed by atoms with van der Waals surface area (Å²) in [5.74, 6) is -0.405. The van der Waals surface area contributed by atoms with Crippen LogP contribution in [0.5, 0.6) is 0 Å². The first-order valence-electron chi connectivity index (χ1n) is 7.16. The van der Waals surface area contributed by atoms with Crippen LogP contribution in [0, 0.1) is 12.8 Å². The van der Waals surface area contributed by atoms with Crippen molar-refractivity contribution in [2.45, 2.75) is 45.2 Å². The predicted molar refractivity (Wildman–Crippen MR) is 74.2 cm³/mol. The molecule has 1 N–H and O–H groups in total. The molecule has 3 unspecified atom stereocenters. The largest absolute Gasteiger partial charge is 0.480 e. The van der Waals surface area contributed by atoms with Crippen LogP contribution in [0.3, 0.4) is 0 Å². The molecule has 0 aromatic heterocycles. The van der Waals surface area contributed by atoms with Gasteiger partial charge >= 0.3 is 5.97 Å². The van der Waals surface area contributed by atoms with Crippen LogP contribution in [0.4, 0.5) is 0 Å². The highest BCUT2D eigenvalue weighted by Gasteiger charge is 2.42. The van der Waals surface area contributed by atoms with Gasteiger partial charge in [-0.2, -0.15) is 0 Å². The highest BCUT2D eigenvalue weighted by molar-refractivity contribution is 5.74. The van der Waals surface area contributed by atoms with Gasteiger partial charge < -0.3 is 5.11 Å². The molecule has 0 amide bonds. The minimum atomic E-state index is -0.661. The summed E-state index contributed by atoms with van der Waals surface area (Å²) in [6.07, 6.45) is 3.14. The number of aliphatic carboxylic acids is 1. The first-order chi connectivity index (χ1) is 9.08. The van der Waals surface area contributed by atoms with Crippen LogP contribution in [-0.2, 0) is 11.2 Å². The van der Waals surface area contributed by atoms with Gasteiger partial charge in [-0.25, -0.2) is 0 Å². The lowest BCUT2D eigenvalue weighted by Crippen LogP contribution is -2.40. The number of rotatable bonds is 2. The first-order valence-corrected chi connectivity index (χ1v) is 7.16. The van der Waals surface area contributed by atoms with Crippen LogP contribution in [0.15, 0.2) is 18.2 Å². The maximum absolute atomic E-state index is 11.5. The van der Waals surface area contributed by atoms with E-state index in [4.69, 9.17) is 0 Å². The van der Waals surface area contributed by atoms with Crippen LogP contribution < -0.4 is 0 Å². The fourth-order valence-corrected chi connectivity index (χ4v) is 3.76. The Morgan fingerprint density at radius 3 is 2.89 bits per heavy atom. The van der Waals surface area contributed by atoms with Crippen LogP contribution in [-0.4, -0.2) is 28.6 Å². The van der Waals surface area contributed by atoms with Crippen molar-refractivity contribution < 1.29 is 9.90 Å². The molecule has 2 aliphatic rings. The van der Waals surface area contributed by atoms with E-state index in [9.17, 15) is 9.90 Å². The third kappa shape index (κ3) is 2.06. The fraction of sp³-hybridized carbons (Fsp3) is 0.562. The monoisotopic (exact) mass is 259 g/mol. The van der Waals surface area contributed by atoms with Gasteiger partial charge in [0.15, 0.2) is 0 Å². The van der Waals surface area contributed by atoms with Crippen molar-refractivity contribution in [3.8, 4) is 0 Å². The van der Waals surface area contributed by atoms with Crippen molar-refractivity contribution >= 4 is 5.97 Å². The summed E-state index contributed by atoms with van der Waals surface area (Å²) in [7, 11) is 0. The number of carboxylic acid groups (broad SMARTS) is 1. The number of hydrogen-bond donors (Lipinski definition) is 1. The molecule has 1 heterocycles. The van der Waals surface area contributed by atoms with Gasteiger partial charge in [0.05, 0.1) is 0 Å². The zero-order valence-electron chi connectivity index (χ0n) is 11.6. The summed E-state index contributed by atoms with van der Waals surface area (Å²) in [5, 5.41) is 9.48. The second-order valence-electron chi connectivity index (χ2n) is 6.04. The quantitative estimate of drug-likeness (QED) is 0.888. The van der Waals surface area contributed by atoms with E-state index in [1.807, 2.05) is 0 Å². The van der Waals surface area contributed by atoms with Crippen LogP contribution in [0.2, 0.25) is 0 Å². The number of likely N-dealkylation sites (tertiary alicyclic amines) is 1. The molecule has 3 rings (SSSR count).